The Morgan fingerprint density at radius 3 is 2.50 bits per heavy atom. The van der Waals surface area contributed by atoms with Crippen molar-refractivity contribution in [2.24, 2.45) is 0 Å². The standard InChI is InChI=1S/C22H26ClN5O3S/c1-5-6-21(16-11-19(13-24-12-16)32(30,31)27(3)4)26-22(29)20-14-25-28(15(20)2)18-9-7-17(23)8-10-18/h7-14,21H,5-6H2,1-4H3,(H,26,29). The van der Waals surface area contributed by atoms with E-state index >= 15 is 0 Å². The molecule has 0 fully saturated rings. The Morgan fingerprint density at radius 1 is 1.19 bits per heavy atom. The first-order valence-corrected chi connectivity index (χ1v) is 12.0. The highest BCUT2D eigenvalue weighted by atomic mass is 35.5. The fourth-order valence-electron chi connectivity index (χ4n) is 3.30. The molecule has 1 atom stereocenters. The van der Waals surface area contributed by atoms with Gasteiger partial charge in [-0.05, 0) is 49.2 Å². The number of benzene rings is 1. The van der Waals surface area contributed by atoms with Gasteiger partial charge in [0.2, 0.25) is 10.0 Å². The molecule has 0 radical (unpaired) electrons. The molecule has 32 heavy (non-hydrogen) atoms. The quantitative estimate of drug-likeness (QED) is 0.535. The van der Waals surface area contributed by atoms with Gasteiger partial charge in [0.1, 0.15) is 4.90 Å². The molecule has 0 saturated heterocycles. The second kappa shape index (κ2) is 9.81. The van der Waals surface area contributed by atoms with Crippen LogP contribution in [0.5, 0.6) is 0 Å². The number of carbonyl (C=O) groups is 1. The lowest BCUT2D eigenvalue weighted by Crippen LogP contribution is -2.29. The smallest absolute Gasteiger partial charge is 0.255 e. The number of rotatable bonds is 8. The minimum atomic E-state index is -3.63. The molecule has 0 spiro atoms. The van der Waals surface area contributed by atoms with Crippen LogP contribution in [-0.2, 0) is 10.0 Å². The van der Waals surface area contributed by atoms with Gasteiger partial charge in [-0.15, -0.1) is 0 Å². The van der Waals surface area contributed by atoms with E-state index in [1.54, 1.807) is 29.1 Å². The molecule has 10 heteroatoms. The Balaban J connectivity index is 1.88. The number of hydrogen-bond donors (Lipinski definition) is 1. The van der Waals surface area contributed by atoms with Gasteiger partial charge in [0.15, 0.2) is 0 Å². The van der Waals surface area contributed by atoms with Gasteiger partial charge in [-0.25, -0.2) is 17.4 Å². The molecule has 1 aromatic carbocycles. The fourth-order valence-corrected chi connectivity index (χ4v) is 4.33. The van der Waals surface area contributed by atoms with Crippen LogP contribution in [0.4, 0.5) is 0 Å². The van der Waals surface area contributed by atoms with Gasteiger partial charge in [0.25, 0.3) is 5.91 Å². The lowest BCUT2D eigenvalue weighted by Gasteiger charge is -2.19. The highest BCUT2D eigenvalue weighted by Gasteiger charge is 2.23. The van der Waals surface area contributed by atoms with Gasteiger partial charge in [-0.2, -0.15) is 5.10 Å². The SMILES string of the molecule is CCCC(NC(=O)c1cnn(-c2ccc(Cl)cc2)c1C)c1cncc(S(=O)(=O)N(C)C)c1. The largest absolute Gasteiger partial charge is 0.345 e. The second-order valence-corrected chi connectivity index (χ2v) is 10.2. The van der Waals surface area contributed by atoms with Crippen LogP contribution in [0.2, 0.25) is 5.02 Å². The van der Waals surface area contributed by atoms with E-state index in [1.807, 2.05) is 26.0 Å². The zero-order valence-corrected chi connectivity index (χ0v) is 20.0. The molecule has 3 aromatic rings. The van der Waals surface area contributed by atoms with Gasteiger partial charge in [-0.1, -0.05) is 24.9 Å². The Hall–Kier alpha value is -2.75. The lowest BCUT2D eigenvalue weighted by molar-refractivity contribution is 0.0933. The number of nitrogens with zero attached hydrogens (tertiary/aromatic N) is 4. The average Bonchev–Trinajstić information content (AvgIpc) is 3.15. The Bertz CT molecular complexity index is 1210. The summed E-state index contributed by atoms with van der Waals surface area (Å²) >= 11 is 5.96. The molecule has 0 aliphatic carbocycles. The van der Waals surface area contributed by atoms with E-state index in [4.69, 9.17) is 11.6 Å². The third kappa shape index (κ3) is 5.01. The molecule has 0 saturated carbocycles. The number of pyridine rings is 1. The van der Waals surface area contributed by atoms with Gasteiger partial charge in [-0.3, -0.25) is 9.78 Å². The minimum absolute atomic E-state index is 0.0853. The molecule has 3 rings (SSSR count). The fraction of sp³-hybridized carbons (Fsp3) is 0.318. The maximum absolute atomic E-state index is 13.1. The summed E-state index contributed by atoms with van der Waals surface area (Å²) in [6.07, 6.45) is 5.83. The van der Waals surface area contributed by atoms with E-state index in [0.29, 0.717) is 28.3 Å². The van der Waals surface area contributed by atoms with E-state index in [0.717, 1.165) is 16.4 Å². The van der Waals surface area contributed by atoms with Crippen LogP contribution in [0.3, 0.4) is 0 Å². The van der Waals surface area contributed by atoms with Crippen molar-refractivity contribution in [3.05, 3.63) is 70.8 Å². The van der Waals surface area contributed by atoms with Gasteiger partial charge in [0.05, 0.1) is 29.2 Å². The van der Waals surface area contributed by atoms with Crippen LogP contribution in [0.25, 0.3) is 5.69 Å². The van der Waals surface area contributed by atoms with Crippen molar-refractivity contribution in [3.63, 3.8) is 0 Å². The van der Waals surface area contributed by atoms with Crippen molar-refractivity contribution in [1.29, 1.82) is 0 Å². The number of nitrogens with one attached hydrogen (secondary N) is 1. The molecule has 0 aliphatic heterocycles. The zero-order chi connectivity index (χ0) is 23.5. The van der Waals surface area contributed by atoms with Crippen LogP contribution in [0.15, 0.2) is 53.8 Å². The normalized spacial score (nSPS) is 12.7. The van der Waals surface area contributed by atoms with Crippen molar-refractivity contribution in [2.75, 3.05) is 14.1 Å². The van der Waals surface area contributed by atoms with E-state index in [-0.39, 0.29) is 10.8 Å². The van der Waals surface area contributed by atoms with Crippen molar-refractivity contribution in [1.82, 2.24) is 24.4 Å². The topological polar surface area (TPSA) is 97.2 Å². The number of aromatic nitrogens is 3. The Kier molecular flexibility index (Phi) is 7.33. The number of carbonyl (C=O) groups excluding carboxylic acids is 1. The monoisotopic (exact) mass is 475 g/mol. The molecule has 0 bridgehead atoms. The summed E-state index contributed by atoms with van der Waals surface area (Å²) in [6.45, 7) is 3.81. The Morgan fingerprint density at radius 2 is 1.88 bits per heavy atom. The molecule has 8 nitrogen and oxygen atoms in total. The summed E-state index contributed by atoms with van der Waals surface area (Å²) in [5.41, 5.74) is 2.54. The maximum Gasteiger partial charge on any atom is 0.255 e. The average molecular weight is 476 g/mol. The predicted octanol–water partition coefficient (Wildman–Crippen LogP) is 3.75. The van der Waals surface area contributed by atoms with E-state index in [2.05, 4.69) is 15.4 Å². The van der Waals surface area contributed by atoms with Gasteiger partial charge in [0, 0.05) is 31.5 Å². The zero-order valence-electron chi connectivity index (χ0n) is 18.4. The second-order valence-electron chi connectivity index (χ2n) is 7.59. The summed E-state index contributed by atoms with van der Waals surface area (Å²) in [4.78, 5) is 17.3. The third-order valence-electron chi connectivity index (χ3n) is 5.12. The van der Waals surface area contributed by atoms with Crippen molar-refractivity contribution in [2.45, 2.75) is 37.6 Å². The molecule has 170 valence electrons. The van der Waals surface area contributed by atoms with E-state index in [1.165, 1.54) is 26.5 Å². The van der Waals surface area contributed by atoms with Crippen LogP contribution >= 0.6 is 11.6 Å². The molecule has 2 aromatic heterocycles. The minimum Gasteiger partial charge on any atom is -0.345 e. The van der Waals surface area contributed by atoms with Crippen LogP contribution in [0, 0.1) is 6.92 Å². The molecular weight excluding hydrogens is 450 g/mol. The Labute approximate surface area is 193 Å². The molecule has 2 heterocycles. The third-order valence-corrected chi connectivity index (χ3v) is 7.16. The summed E-state index contributed by atoms with van der Waals surface area (Å²) < 4.78 is 27.8. The van der Waals surface area contributed by atoms with Crippen LogP contribution < -0.4 is 5.32 Å². The summed E-state index contributed by atoms with van der Waals surface area (Å²) in [7, 11) is -0.697. The van der Waals surface area contributed by atoms with E-state index in [9.17, 15) is 13.2 Å². The molecule has 1 amide bonds. The summed E-state index contributed by atoms with van der Waals surface area (Å²) in [5.74, 6) is -0.290. The van der Waals surface area contributed by atoms with E-state index < -0.39 is 16.1 Å². The van der Waals surface area contributed by atoms with Gasteiger partial charge < -0.3 is 5.32 Å². The molecule has 0 aliphatic rings. The lowest BCUT2D eigenvalue weighted by atomic mass is 10.0. The highest BCUT2D eigenvalue weighted by Crippen LogP contribution is 2.23. The number of sulfonamides is 1. The number of halogens is 1. The maximum atomic E-state index is 13.1. The molecular formula is C22H26ClN5O3S. The number of hydrogen-bond acceptors (Lipinski definition) is 5. The first kappa shape index (κ1) is 23.9. The van der Waals surface area contributed by atoms with Gasteiger partial charge >= 0.3 is 0 Å². The summed E-state index contributed by atoms with van der Waals surface area (Å²) in [6, 6.07) is 8.34. The van der Waals surface area contributed by atoms with Crippen molar-refractivity contribution >= 4 is 27.5 Å². The van der Waals surface area contributed by atoms with Crippen molar-refractivity contribution in [3.8, 4) is 5.69 Å². The predicted molar refractivity (Wildman–Crippen MR) is 124 cm³/mol. The van der Waals surface area contributed by atoms with Crippen LogP contribution in [-0.4, -0.2) is 47.5 Å². The first-order valence-electron chi connectivity index (χ1n) is 10.1. The van der Waals surface area contributed by atoms with Crippen LogP contribution in [0.1, 0.15) is 47.4 Å². The van der Waals surface area contributed by atoms with Crippen molar-refractivity contribution < 1.29 is 13.2 Å². The molecule has 1 N–H and O–H groups in total. The number of amides is 1. The summed E-state index contributed by atoms with van der Waals surface area (Å²) in [5, 5.41) is 7.97. The highest BCUT2D eigenvalue weighted by molar-refractivity contribution is 7.89. The molecule has 1 unspecified atom stereocenters. The first-order chi connectivity index (χ1) is 15.1.